The normalized spacial score (nSPS) is 10.1. The van der Waals surface area contributed by atoms with Crippen molar-refractivity contribution in [3.05, 3.63) is 28.6 Å². The van der Waals surface area contributed by atoms with Crippen molar-refractivity contribution in [3.63, 3.8) is 0 Å². The van der Waals surface area contributed by atoms with Crippen molar-refractivity contribution in [2.45, 2.75) is 19.8 Å². The Labute approximate surface area is 96.8 Å². The molecule has 0 bridgehead atoms. The average Bonchev–Trinajstić information content (AvgIpc) is 2.27. The monoisotopic (exact) mass is 240 g/mol. The molecule has 1 heterocycles. The molecule has 0 fully saturated rings. The summed E-state index contributed by atoms with van der Waals surface area (Å²) < 4.78 is 30.0. The Hall–Kier alpha value is -2.03. The van der Waals surface area contributed by atoms with Gasteiger partial charge < -0.3 is 4.74 Å². The molecule has 0 aliphatic carbocycles. The fourth-order valence-electron chi connectivity index (χ4n) is 1.43. The molecule has 0 aromatic carbocycles. The molecule has 90 valence electrons. The van der Waals surface area contributed by atoms with Gasteiger partial charge >= 0.3 is 5.97 Å². The lowest BCUT2D eigenvalue weighted by atomic mass is 10.0. The maximum atomic E-state index is 12.8. The van der Waals surface area contributed by atoms with Crippen LogP contribution in [0, 0.1) is 18.3 Å². The lowest BCUT2D eigenvalue weighted by Crippen LogP contribution is -2.11. The Bertz CT molecular complexity index is 481. The lowest BCUT2D eigenvalue weighted by molar-refractivity contribution is -0.139. The first-order chi connectivity index (χ1) is 7.99. The summed E-state index contributed by atoms with van der Waals surface area (Å²) in [6, 6.07) is 2.94. The van der Waals surface area contributed by atoms with E-state index in [4.69, 9.17) is 5.26 Å². The van der Waals surface area contributed by atoms with Crippen molar-refractivity contribution < 1.29 is 18.3 Å². The molecule has 17 heavy (non-hydrogen) atoms. The molecule has 1 aromatic rings. The van der Waals surface area contributed by atoms with E-state index in [9.17, 15) is 13.6 Å². The second-order valence-electron chi connectivity index (χ2n) is 3.34. The number of aryl methyl sites for hydroxylation is 1. The first kappa shape index (κ1) is 13.0. The molecule has 0 unspecified atom stereocenters. The number of carbonyl (C=O) groups excluding carboxylic acids is 1. The summed E-state index contributed by atoms with van der Waals surface area (Å²) in [5, 5.41) is 8.78. The van der Waals surface area contributed by atoms with Crippen LogP contribution in [-0.2, 0) is 16.0 Å². The standard InChI is InChI=1S/C11H10F2N2O2/c1-6-3-7(5-14)10(11(12)13)8(15-6)4-9(16)17-2/h3,11H,4H2,1-2H3. The number of halogens is 2. The number of hydrogen-bond donors (Lipinski definition) is 0. The molecule has 0 saturated carbocycles. The molecule has 0 spiro atoms. The maximum Gasteiger partial charge on any atom is 0.311 e. The van der Waals surface area contributed by atoms with Crippen LogP contribution in [0.4, 0.5) is 8.78 Å². The van der Waals surface area contributed by atoms with Gasteiger partial charge in [0.05, 0.1) is 36.4 Å². The van der Waals surface area contributed by atoms with Crippen LogP contribution in [0.25, 0.3) is 0 Å². The Balaban J connectivity index is 3.31. The van der Waals surface area contributed by atoms with Crippen LogP contribution in [0.15, 0.2) is 6.07 Å². The van der Waals surface area contributed by atoms with Crippen molar-refractivity contribution in [2.24, 2.45) is 0 Å². The Kier molecular flexibility index (Phi) is 4.10. The van der Waals surface area contributed by atoms with Gasteiger partial charge in [0, 0.05) is 5.69 Å². The second kappa shape index (κ2) is 5.34. The van der Waals surface area contributed by atoms with Crippen LogP contribution in [0.5, 0.6) is 0 Å². The van der Waals surface area contributed by atoms with E-state index >= 15 is 0 Å². The van der Waals surface area contributed by atoms with E-state index in [0.29, 0.717) is 5.69 Å². The molecule has 0 amide bonds. The van der Waals surface area contributed by atoms with Crippen molar-refractivity contribution in [2.75, 3.05) is 7.11 Å². The topological polar surface area (TPSA) is 63.0 Å². The van der Waals surface area contributed by atoms with Crippen molar-refractivity contribution >= 4 is 5.97 Å². The molecular weight excluding hydrogens is 230 g/mol. The summed E-state index contributed by atoms with van der Waals surface area (Å²) in [5.74, 6) is -0.672. The summed E-state index contributed by atoms with van der Waals surface area (Å²) in [5.41, 5.74) is -0.358. The highest BCUT2D eigenvalue weighted by Crippen LogP contribution is 2.26. The van der Waals surface area contributed by atoms with Gasteiger partial charge in [-0.1, -0.05) is 0 Å². The van der Waals surface area contributed by atoms with Gasteiger partial charge in [0.2, 0.25) is 0 Å². The lowest BCUT2D eigenvalue weighted by Gasteiger charge is -2.10. The first-order valence-electron chi connectivity index (χ1n) is 4.75. The second-order valence-corrected chi connectivity index (χ2v) is 3.34. The molecule has 4 nitrogen and oxygen atoms in total. The number of nitriles is 1. The number of carbonyl (C=O) groups is 1. The van der Waals surface area contributed by atoms with Gasteiger partial charge in [-0.2, -0.15) is 5.26 Å². The first-order valence-corrected chi connectivity index (χ1v) is 4.75. The Morgan fingerprint density at radius 1 is 1.65 bits per heavy atom. The molecule has 1 rings (SSSR count). The van der Waals surface area contributed by atoms with Crippen molar-refractivity contribution in [1.82, 2.24) is 4.98 Å². The van der Waals surface area contributed by atoms with E-state index in [2.05, 4.69) is 9.72 Å². The number of aromatic nitrogens is 1. The zero-order valence-electron chi connectivity index (χ0n) is 9.33. The molecule has 0 aliphatic heterocycles. The zero-order chi connectivity index (χ0) is 13.0. The maximum absolute atomic E-state index is 12.8. The van der Waals surface area contributed by atoms with Crippen LogP contribution in [0.1, 0.15) is 28.9 Å². The van der Waals surface area contributed by atoms with Gasteiger partial charge in [0.25, 0.3) is 6.43 Å². The van der Waals surface area contributed by atoms with Crippen LogP contribution in [-0.4, -0.2) is 18.1 Å². The smallest absolute Gasteiger partial charge is 0.311 e. The van der Waals surface area contributed by atoms with Crippen LogP contribution >= 0.6 is 0 Å². The average molecular weight is 240 g/mol. The van der Waals surface area contributed by atoms with Gasteiger partial charge in [-0.25, -0.2) is 8.78 Å². The van der Waals surface area contributed by atoms with Crippen LogP contribution < -0.4 is 0 Å². The molecule has 6 heteroatoms. The molecule has 0 radical (unpaired) electrons. The molecule has 0 saturated heterocycles. The fraction of sp³-hybridized carbons (Fsp3) is 0.364. The third kappa shape index (κ3) is 2.97. The van der Waals surface area contributed by atoms with Crippen LogP contribution in [0.2, 0.25) is 0 Å². The van der Waals surface area contributed by atoms with Crippen molar-refractivity contribution in [3.8, 4) is 6.07 Å². The molecular formula is C11H10F2N2O2. The molecule has 0 atom stereocenters. The quantitative estimate of drug-likeness (QED) is 0.757. The minimum absolute atomic E-state index is 0.108. The van der Waals surface area contributed by atoms with Crippen molar-refractivity contribution in [1.29, 1.82) is 5.26 Å². The van der Waals surface area contributed by atoms with Gasteiger partial charge in [-0.15, -0.1) is 0 Å². The predicted molar refractivity (Wildman–Crippen MR) is 54.4 cm³/mol. The molecule has 0 aliphatic rings. The highest BCUT2D eigenvalue weighted by molar-refractivity contribution is 5.72. The van der Waals surface area contributed by atoms with E-state index in [0.717, 1.165) is 7.11 Å². The number of methoxy groups -OCH3 is 1. The highest BCUT2D eigenvalue weighted by Gasteiger charge is 2.21. The van der Waals surface area contributed by atoms with E-state index in [1.165, 1.54) is 6.07 Å². The molecule has 1 aromatic heterocycles. The summed E-state index contributed by atoms with van der Waals surface area (Å²) in [4.78, 5) is 14.9. The number of esters is 1. The number of alkyl halides is 2. The number of rotatable bonds is 3. The third-order valence-electron chi connectivity index (χ3n) is 2.14. The SMILES string of the molecule is COC(=O)Cc1nc(C)cc(C#N)c1C(F)F. The van der Waals surface area contributed by atoms with E-state index < -0.39 is 18.0 Å². The largest absolute Gasteiger partial charge is 0.469 e. The number of hydrogen-bond acceptors (Lipinski definition) is 4. The van der Waals surface area contributed by atoms with E-state index in [1.54, 1.807) is 13.0 Å². The summed E-state index contributed by atoms with van der Waals surface area (Å²) in [6.45, 7) is 1.57. The molecule has 0 N–H and O–H groups in total. The minimum atomic E-state index is -2.85. The number of ether oxygens (including phenoxy) is 1. The number of pyridine rings is 1. The highest BCUT2D eigenvalue weighted by atomic mass is 19.3. The predicted octanol–water partition coefficient (Wildman–Crippen LogP) is 1.91. The summed E-state index contributed by atoms with van der Waals surface area (Å²) >= 11 is 0. The van der Waals surface area contributed by atoms with E-state index in [-0.39, 0.29) is 17.7 Å². The summed E-state index contributed by atoms with van der Waals surface area (Å²) in [7, 11) is 1.16. The minimum Gasteiger partial charge on any atom is -0.469 e. The van der Waals surface area contributed by atoms with Gasteiger partial charge in [-0.3, -0.25) is 9.78 Å². The van der Waals surface area contributed by atoms with Gasteiger partial charge in [0.15, 0.2) is 0 Å². The summed E-state index contributed by atoms with van der Waals surface area (Å²) in [6.07, 6.45) is -3.22. The van der Waals surface area contributed by atoms with Gasteiger partial charge in [0.1, 0.15) is 0 Å². The third-order valence-corrected chi connectivity index (χ3v) is 2.14. The van der Waals surface area contributed by atoms with Gasteiger partial charge in [-0.05, 0) is 13.0 Å². The zero-order valence-corrected chi connectivity index (χ0v) is 9.33. The Morgan fingerprint density at radius 3 is 2.76 bits per heavy atom. The number of nitrogens with zero attached hydrogens (tertiary/aromatic N) is 2. The van der Waals surface area contributed by atoms with Crippen LogP contribution in [0.3, 0.4) is 0 Å². The Morgan fingerprint density at radius 2 is 2.29 bits per heavy atom. The van der Waals surface area contributed by atoms with E-state index in [1.807, 2.05) is 0 Å². The fourth-order valence-corrected chi connectivity index (χ4v) is 1.43.